The molecule has 3 aromatic rings. The van der Waals surface area contributed by atoms with Gasteiger partial charge in [0.1, 0.15) is 0 Å². The van der Waals surface area contributed by atoms with Crippen molar-refractivity contribution in [1.82, 2.24) is 4.98 Å². The summed E-state index contributed by atoms with van der Waals surface area (Å²) >= 11 is 0. The van der Waals surface area contributed by atoms with Crippen molar-refractivity contribution in [1.29, 1.82) is 0 Å². The van der Waals surface area contributed by atoms with Gasteiger partial charge in [-0.1, -0.05) is 58.7 Å². The molecule has 1 aromatic heterocycles. The van der Waals surface area contributed by atoms with Gasteiger partial charge >= 0.3 is 0 Å². The Bertz CT molecular complexity index is 956. The van der Waals surface area contributed by atoms with E-state index < -0.39 is 0 Å². The largest absolute Gasteiger partial charge is 0.396 e. The van der Waals surface area contributed by atoms with E-state index >= 15 is 0 Å². The Morgan fingerprint density at radius 1 is 1.10 bits per heavy atom. The molecule has 0 bridgehead atoms. The van der Waals surface area contributed by atoms with Gasteiger partial charge in [-0.15, -0.1) is 34.9 Å². The molecule has 4 rings (SSSR count). The zero-order chi connectivity index (χ0) is 21.7. The number of aromatic nitrogens is 1. The zero-order valence-corrected chi connectivity index (χ0v) is 21.6. The minimum atomic E-state index is -0.208. The second-order valence-corrected chi connectivity index (χ2v) is 8.98. The van der Waals surface area contributed by atoms with Crippen molar-refractivity contribution in [3.05, 3.63) is 72.3 Å². The third-order valence-electron chi connectivity index (χ3n) is 6.08. The van der Waals surface area contributed by atoms with Crippen LogP contribution in [0.5, 0.6) is 0 Å². The number of aliphatic hydroxyl groups excluding tert-OH is 1. The fourth-order valence-corrected chi connectivity index (χ4v) is 4.28. The van der Waals surface area contributed by atoms with E-state index in [1.54, 1.807) is 0 Å². The predicted molar refractivity (Wildman–Crippen MR) is 128 cm³/mol. The Morgan fingerprint density at radius 3 is 2.39 bits per heavy atom. The maximum Gasteiger partial charge on any atom is 0.0292 e. The Balaban J connectivity index is 0.000000373. The van der Waals surface area contributed by atoms with E-state index in [2.05, 4.69) is 68.2 Å². The van der Waals surface area contributed by atoms with Gasteiger partial charge in [-0.05, 0) is 52.8 Å². The molecule has 1 aliphatic carbocycles. The van der Waals surface area contributed by atoms with Gasteiger partial charge in [0.15, 0.2) is 0 Å². The summed E-state index contributed by atoms with van der Waals surface area (Å²) in [5.74, 6) is 1.11. The van der Waals surface area contributed by atoms with E-state index in [1.165, 1.54) is 53.1 Å². The Labute approximate surface area is 201 Å². The van der Waals surface area contributed by atoms with Crippen molar-refractivity contribution in [3.8, 4) is 11.3 Å². The molecule has 1 fully saturated rings. The maximum absolute atomic E-state index is 8.87. The molecule has 0 spiro atoms. The smallest absolute Gasteiger partial charge is 0.0292 e. The van der Waals surface area contributed by atoms with Gasteiger partial charge in [-0.3, -0.25) is 0 Å². The molecule has 1 radical (unpaired) electrons. The number of hydrogen-bond acceptors (Lipinski definition) is 2. The quantitative estimate of drug-likeness (QED) is 0.325. The predicted octanol–water partition coefficient (Wildman–Crippen LogP) is 7.20. The molecule has 1 heterocycles. The summed E-state index contributed by atoms with van der Waals surface area (Å²) in [6.07, 6.45) is 7.78. The van der Waals surface area contributed by atoms with Crippen LogP contribution in [-0.4, -0.2) is 16.2 Å². The summed E-state index contributed by atoms with van der Waals surface area (Å²) < 4.78 is 0. The first-order chi connectivity index (χ1) is 14.4. The molecule has 169 valence electrons. The molecule has 3 heteroatoms. The summed E-state index contributed by atoms with van der Waals surface area (Å²) in [6, 6.07) is 16.9. The second kappa shape index (κ2) is 11.9. The third kappa shape index (κ3) is 6.72. The standard InChI is InChI=1S/C22H22N.C6H13O.Ir/c1-15-11-16(2)13-20(12-15)22-21-8-7-18(17-5-3-4-6-17)14-19(21)9-10-23-22;1-4-6(7)5(2)3;/h7-12,14,17H,3-6H2,1-2H3;5-7H,1,4H2,2-3H3;/q2*-1;. The Kier molecular flexibility index (Phi) is 9.87. The molecule has 1 atom stereocenters. The number of fused-ring (bicyclic) bond motifs is 1. The van der Waals surface area contributed by atoms with Crippen LogP contribution in [0.25, 0.3) is 22.0 Å². The van der Waals surface area contributed by atoms with Gasteiger partial charge in [-0.25, -0.2) is 0 Å². The zero-order valence-electron chi connectivity index (χ0n) is 19.2. The normalized spacial score (nSPS) is 14.8. The Hall–Kier alpha value is -1.54. The van der Waals surface area contributed by atoms with Crippen LogP contribution in [0.3, 0.4) is 0 Å². The fourth-order valence-electron chi connectivity index (χ4n) is 4.28. The van der Waals surface area contributed by atoms with Crippen molar-refractivity contribution in [2.24, 2.45) is 5.92 Å². The van der Waals surface area contributed by atoms with Crippen LogP contribution in [-0.2, 0) is 20.1 Å². The van der Waals surface area contributed by atoms with Crippen LogP contribution >= 0.6 is 0 Å². The number of nitrogens with zero attached hydrogens (tertiary/aromatic N) is 1. The average molecular weight is 594 g/mol. The number of pyridine rings is 1. The molecule has 2 nitrogen and oxygen atoms in total. The van der Waals surface area contributed by atoms with Crippen LogP contribution in [0.2, 0.25) is 0 Å². The molecular formula is C28H35IrNO-2. The van der Waals surface area contributed by atoms with Gasteiger partial charge in [-0.2, -0.15) is 6.42 Å². The van der Waals surface area contributed by atoms with Crippen molar-refractivity contribution < 1.29 is 25.2 Å². The van der Waals surface area contributed by atoms with E-state index in [-0.39, 0.29) is 26.2 Å². The molecule has 1 aliphatic rings. The van der Waals surface area contributed by atoms with Crippen molar-refractivity contribution in [2.75, 3.05) is 0 Å². The molecular weight excluding hydrogens is 559 g/mol. The first-order valence-electron chi connectivity index (χ1n) is 11.3. The van der Waals surface area contributed by atoms with E-state index in [0.29, 0.717) is 12.3 Å². The first-order valence-corrected chi connectivity index (χ1v) is 11.3. The average Bonchev–Trinajstić information content (AvgIpc) is 3.27. The number of benzene rings is 2. The summed E-state index contributed by atoms with van der Waals surface area (Å²) in [4.78, 5) is 4.66. The summed E-state index contributed by atoms with van der Waals surface area (Å²) in [6.45, 7) is 11.8. The second-order valence-electron chi connectivity index (χ2n) is 8.98. The van der Waals surface area contributed by atoms with Gasteiger partial charge in [0.2, 0.25) is 0 Å². The first kappa shape index (κ1) is 25.7. The molecule has 31 heavy (non-hydrogen) atoms. The SMILES string of the molecule is Cc1[c-]c(-c2nccc3cc(C4CCCC4)ccc23)cc(C)c1.[CH2-]CC(O)C(C)C.[Ir]. The van der Waals surface area contributed by atoms with Gasteiger partial charge < -0.3 is 17.0 Å². The molecule has 1 saturated carbocycles. The van der Waals surface area contributed by atoms with E-state index in [0.717, 1.165) is 17.2 Å². The summed E-state index contributed by atoms with van der Waals surface area (Å²) in [5.41, 5.74) is 6.07. The van der Waals surface area contributed by atoms with Crippen molar-refractivity contribution in [3.63, 3.8) is 0 Å². The monoisotopic (exact) mass is 594 g/mol. The topological polar surface area (TPSA) is 33.1 Å². The van der Waals surface area contributed by atoms with Crippen LogP contribution in [0.15, 0.2) is 42.6 Å². The van der Waals surface area contributed by atoms with Crippen LogP contribution in [0, 0.1) is 32.8 Å². The third-order valence-corrected chi connectivity index (χ3v) is 6.08. The van der Waals surface area contributed by atoms with Gasteiger partial charge in [0.05, 0.1) is 0 Å². The minimum Gasteiger partial charge on any atom is -0.396 e. The number of rotatable bonds is 4. The molecule has 0 saturated heterocycles. The minimum absolute atomic E-state index is 0. The fraction of sp³-hybridized carbons (Fsp3) is 0.429. The van der Waals surface area contributed by atoms with Crippen LogP contribution in [0.4, 0.5) is 0 Å². The van der Waals surface area contributed by atoms with E-state index in [1.807, 2.05) is 20.0 Å². The van der Waals surface area contributed by atoms with Crippen molar-refractivity contribution >= 4 is 10.8 Å². The summed E-state index contributed by atoms with van der Waals surface area (Å²) in [7, 11) is 0. The molecule has 2 aromatic carbocycles. The molecule has 0 aliphatic heterocycles. The van der Waals surface area contributed by atoms with Crippen molar-refractivity contribution in [2.45, 2.75) is 71.8 Å². The van der Waals surface area contributed by atoms with Gasteiger partial charge in [0, 0.05) is 32.4 Å². The molecule has 0 amide bonds. The molecule has 1 N–H and O–H groups in total. The van der Waals surface area contributed by atoms with E-state index in [4.69, 9.17) is 5.11 Å². The number of hydrogen-bond donors (Lipinski definition) is 1. The Morgan fingerprint density at radius 2 is 1.81 bits per heavy atom. The number of aryl methyl sites for hydroxylation is 2. The van der Waals surface area contributed by atoms with Crippen LogP contribution < -0.4 is 0 Å². The van der Waals surface area contributed by atoms with Crippen LogP contribution in [0.1, 0.15) is 68.6 Å². The van der Waals surface area contributed by atoms with E-state index in [9.17, 15) is 0 Å². The number of aliphatic hydroxyl groups is 1. The molecule has 1 unspecified atom stereocenters. The summed E-state index contributed by atoms with van der Waals surface area (Å²) in [5, 5.41) is 11.4. The maximum atomic E-state index is 8.87. The van der Waals surface area contributed by atoms with Gasteiger partial charge in [0.25, 0.3) is 0 Å².